The van der Waals surface area contributed by atoms with E-state index in [9.17, 15) is 0 Å². The zero-order valence-corrected chi connectivity index (χ0v) is 54.0. The topological polar surface area (TPSA) is 96.3 Å². The molecule has 10 heteroatoms. The number of rotatable bonds is 8. The van der Waals surface area contributed by atoms with Gasteiger partial charge in [0.1, 0.15) is 22.3 Å². The van der Waals surface area contributed by atoms with Gasteiger partial charge < -0.3 is 18.1 Å². The first-order chi connectivity index (χ1) is 47.0. The van der Waals surface area contributed by atoms with E-state index in [1.54, 1.807) is 0 Å². The summed E-state index contributed by atoms with van der Waals surface area (Å²) in [7, 11) is -0.399. The number of para-hydroxylation sites is 2. The molecule has 0 unspecified atom stereocenters. The lowest BCUT2D eigenvalue weighted by Gasteiger charge is -2.32. The number of hydrogen-bond acceptors (Lipinski definition) is 8. The largest absolute Gasteiger partial charge is 0.495 e. The summed E-state index contributed by atoms with van der Waals surface area (Å²) < 4.78 is 25.0. The highest BCUT2D eigenvalue weighted by molar-refractivity contribution is 6.65. The Hall–Kier alpha value is -11.3. The highest BCUT2D eigenvalue weighted by Gasteiger charge is 2.52. The molecule has 1 saturated heterocycles. The Morgan fingerprint density at radius 1 is 0.281 bits per heavy atom. The van der Waals surface area contributed by atoms with Gasteiger partial charge in [-0.15, -0.1) is 0 Å². The standard InChI is InChI=1S/C38H24N2O.C28H25BO3.C20H13ClN2/c1-3-10-27(11-4-1)37-38(28-12-5-2-6-13-28)40-33-24-29(22-23-32(33)39-37)25-18-20-26(21-19-25)30-15-9-17-35-36(30)31-14-7-8-16-34(31)41-35;1-27(2)28(3,4)32-29(31-27)23-17-16-19(18-10-5-6-11-20(18)23)21-13-9-15-25-26(21)22-12-7-8-14-24(22)30-25;21-16-11-12-17-18(13-16)23-20(15-9-5-2-6-10-15)19(22-17)14-7-3-1-4-8-14/h1-24H;5-17H,1-4H3;1-13H. The molecule has 1 aliphatic rings. The maximum atomic E-state index is 6.38. The molecular formula is C86H62BClN4O4. The van der Waals surface area contributed by atoms with Crippen LogP contribution in [0.1, 0.15) is 27.7 Å². The Kier molecular flexibility index (Phi) is 15.5. The third-order valence-electron chi connectivity index (χ3n) is 18.6. The molecule has 1 aliphatic heterocycles. The summed E-state index contributed by atoms with van der Waals surface area (Å²) in [5, 5.41) is 7.57. The molecule has 0 amide bonds. The summed E-state index contributed by atoms with van der Waals surface area (Å²) in [5.41, 5.74) is 22.0. The second-order valence-electron chi connectivity index (χ2n) is 25.1. The van der Waals surface area contributed by atoms with Crippen molar-refractivity contribution >= 4 is 101 Å². The smallest absolute Gasteiger partial charge is 0.456 e. The SMILES string of the molecule is CC1(C)OB(c2ccc(-c3cccc4oc5ccccc5c34)c3ccccc23)OC1(C)C.Clc1ccc2nc(-c3ccccc3)c(-c3ccccc3)nc2c1.c1ccc(-c2nc3ccc(-c4ccc(-c5cccc6oc7ccccc7c56)cc4)cc3nc2-c2ccccc2)cc1. The molecule has 0 bridgehead atoms. The molecule has 8 nitrogen and oxygen atoms in total. The van der Waals surface area contributed by atoms with Gasteiger partial charge in [-0.25, -0.2) is 19.9 Å². The fourth-order valence-electron chi connectivity index (χ4n) is 13.0. The van der Waals surface area contributed by atoms with Crippen LogP contribution in [0.15, 0.2) is 312 Å². The van der Waals surface area contributed by atoms with Crippen LogP contribution in [0.4, 0.5) is 0 Å². The Bertz CT molecular complexity index is 5730. The molecule has 0 N–H and O–H groups in total. The van der Waals surface area contributed by atoms with E-state index < -0.39 is 7.12 Å². The van der Waals surface area contributed by atoms with Gasteiger partial charge in [0.25, 0.3) is 0 Å². The zero-order chi connectivity index (χ0) is 64.9. The van der Waals surface area contributed by atoms with E-state index in [2.05, 4.69) is 191 Å². The van der Waals surface area contributed by atoms with Gasteiger partial charge in [-0.2, -0.15) is 0 Å². The molecule has 460 valence electrons. The molecule has 5 heterocycles. The highest BCUT2D eigenvalue weighted by atomic mass is 35.5. The number of halogens is 1. The monoisotopic (exact) mass is 1260 g/mol. The number of furan rings is 2. The highest BCUT2D eigenvalue weighted by Crippen LogP contribution is 2.43. The van der Waals surface area contributed by atoms with Crippen LogP contribution >= 0.6 is 11.6 Å². The quantitative estimate of drug-likeness (QED) is 0.139. The van der Waals surface area contributed by atoms with Crippen molar-refractivity contribution in [3.05, 3.63) is 308 Å². The number of aromatic nitrogens is 4. The molecule has 0 spiro atoms. The molecule has 0 aliphatic carbocycles. The second-order valence-corrected chi connectivity index (χ2v) is 25.5. The van der Waals surface area contributed by atoms with Crippen LogP contribution in [-0.4, -0.2) is 38.3 Å². The van der Waals surface area contributed by atoms with Crippen molar-refractivity contribution < 1.29 is 18.1 Å². The summed E-state index contributed by atoms with van der Waals surface area (Å²) in [5.74, 6) is 0. The van der Waals surface area contributed by atoms with Crippen LogP contribution in [0.2, 0.25) is 5.02 Å². The predicted octanol–water partition coefficient (Wildman–Crippen LogP) is 22.5. The molecule has 17 aromatic rings. The number of hydrogen-bond donors (Lipinski definition) is 0. The van der Waals surface area contributed by atoms with E-state index in [0.717, 1.165) is 139 Å². The van der Waals surface area contributed by atoms with Gasteiger partial charge in [0.2, 0.25) is 0 Å². The number of nitrogens with zero attached hydrogens (tertiary/aromatic N) is 4. The molecule has 18 rings (SSSR count). The first kappa shape index (κ1) is 59.7. The Morgan fingerprint density at radius 2 is 0.667 bits per heavy atom. The summed E-state index contributed by atoms with van der Waals surface area (Å²) >= 11 is 6.11. The van der Waals surface area contributed by atoms with Crippen LogP contribution < -0.4 is 5.46 Å². The molecule has 96 heavy (non-hydrogen) atoms. The summed E-state index contributed by atoms with van der Waals surface area (Å²) in [6.07, 6.45) is 0. The summed E-state index contributed by atoms with van der Waals surface area (Å²) in [6, 6.07) is 103. The minimum atomic E-state index is -0.399. The minimum absolute atomic E-state index is 0.376. The van der Waals surface area contributed by atoms with Gasteiger partial charge in [0.15, 0.2) is 0 Å². The molecule has 1 fully saturated rings. The lowest BCUT2D eigenvalue weighted by Crippen LogP contribution is -2.41. The maximum absolute atomic E-state index is 6.38. The van der Waals surface area contributed by atoms with Crippen LogP contribution in [-0.2, 0) is 9.31 Å². The van der Waals surface area contributed by atoms with Gasteiger partial charge in [0.05, 0.1) is 56.0 Å². The summed E-state index contributed by atoms with van der Waals surface area (Å²) in [6.45, 7) is 8.37. The van der Waals surface area contributed by atoms with Crippen molar-refractivity contribution in [3.63, 3.8) is 0 Å². The molecule has 0 saturated carbocycles. The molecule has 0 radical (unpaired) electrons. The fraction of sp³-hybridized carbons (Fsp3) is 0.0698. The van der Waals surface area contributed by atoms with E-state index in [-0.39, 0.29) is 11.2 Å². The van der Waals surface area contributed by atoms with E-state index in [0.29, 0.717) is 5.02 Å². The Balaban J connectivity index is 0.000000118. The van der Waals surface area contributed by atoms with Gasteiger partial charge >= 0.3 is 7.12 Å². The minimum Gasteiger partial charge on any atom is -0.456 e. The lowest BCUT2D eigenvalue weighted by molar-refractivity contribution is 0.00578. The second kappa shape index (κ2) is 24.9. The average Bonchev–Trinajstić information content (AvgIpc) is 1.81. The van der Waals surface area contributed by atoms with E-state index in [4.69, 9.17) is 49.7 Å². The van der Waals surface area contributed by atoms with Crippen molar-refractivity contribution in [1.29, 1.82) is 0 Å². The third-order valence-corrected chi connectivity index (χ3v) is 18.8. The molecule has 4 aromatic heterocycles. The van der Waals surface area contributed by atoms with Gasteiger partial charge in [-0.05, 0) is 132 Å². The van der Waals surface area contributed by atoms with Crippen LogP contribution in [0, 0.1) is 0 Å². The van der Waals surface area contributed by atoms with Crippen molar-refractivity contribution in [3.8, 4) is 78.4 Å². The Labute approximate surface area is 561 Å². The average molecular weight is 1260 g/mol. The molecular weight excluding hydrogens is 1200 g/mol. The maximum Gasteiger partial charge on any atom is 0.495 e. The number of benzene rings is 13. The van der Waals surface area contributed by atoms with Crippen LogP contribution in [0.5, 0.6) is 0 Å². The van der Waals surface area contributed by atoms with Gasteiger partial charge in [0, 0.05) is 48.8 Å². The van der Waals surface area contributed by atoms with Gasteiger partial charge in [-0.3, -0.25) is 0 Å². The Morgan fingerprint density at radius 3 is 1.18 bits per heavy atom. The van der Waals surface area contributed by atoms with Crippen molar-refractivity contribution in [2.24, 2.45) is 0 Å². The molecule has 0 atom stereocenters. The van der Waals surface area contributed by atoms with E-state index in [1.165, 1.54) is 22.1 Å². The van der Waals surface area contributed by atoms with Gasteiger partial charge in [-0.1, -0.05) is 260 Å². The fourth-order valence-corrected chi connectivity index (χ4v) is 13.2. The predicted molar refractivity (Wildman–Crippen MR) is 396 cm³/mol. The summed E-state index contributed by atoms with van der Waals surface area (Å²) in [4.78, 5) is 19.9. The third kappa shape index (κ3) is 11.2. The van der Waals surface area contributed by atoms with E-state index in [1.807, 2.05) is 140 Å². The first-order valence-electron chi connectivity index (χ1n) is 32.3. The van der Waals surface area contributed by atoms with E-state index >= 15 is 0 Å². The van der Waals surface area contributed by atoms with Crippen LogP contribution in [0.25, 0.3) is 155 Å². The first-order valence-corrected chi connectivity index (χ1v) is 32.7. The van der Waals surface area contributed by atoms with Crippen molar-refractivity contribution in [1.82, 2.24) is 19.9 Å². The van der Waals surface area contributed by atoms with Crippen molar-refractivity contribution in [2.75, 3.05) is 0 Å². The molecule has 13 aromatic carbocycles. The lowest BCUT2D eigenvalue weighted by atomic mass is 9.75. The van der Waals surface area contributed by atoms with Crippen molar-refractivity contribution in [2.45, 2.75) is 38.9 Å². The van der Waals surface area contributed by atoms with Crippen LogP contribution in [0.3, 0.4) is 0 Å². The normalized spacial score (nSPS) is 13.3. The number of fused-ring (bicyclic) bond motifs is 9. The zero-order valence-electron chi connectivity index (χ0n) is 53.2.